The molecule has 2 fully saturated rings. The van der Waals surface area contributed by atoms with E-state index in [2.05, 4.69) is 21.3 Å². The summed E-state index contributed by atoms with van der Waals surface area (Å²) in [5.41, 5.74) is 0.413. The van der Waals surface area contributed by atoms with Gasteiger partial charge in [0.15, 0.2) is 5.78 Å². The number of benzene rings is 1. The van der Waals surface area contributed by atoms with E-state index in [4.69, 9.17) is 37.9 Å². The molecule has 1 aromatic carbocycles. The van der Waals surface area contributed by atoms with Gasteiger partial charge in [0.1, 0.15) is 50.1 Å². The van der Waals surface area contributed by atoms with Crippen LogP contribution >= 0.6 is 0 Å². The number of rotatable bonds is 31. The summed E-state index contributed by atoms with van der Waals surface area (Å²) in [5, 5.41) is 50.5. The number of aliphatic hydroxyl groups is 4. The van der Waals surface area contributed by atoms with Crippen molar-refractivity contribution in [2.45, 2.75) is 76.8 Å². The van der Waals surface area contributed by atoms with Crippen LogP contribution in [0, 0.1) is 5.92 Å². The number of hydrogen-bond donors (Lipinski definition) is 8. The third-order valence-corrected chi connectivity index (χ3v) is 9.27. The second-order valence-electron chi connectivity index (χ2n) is 14.5. The van der Waals surface area contributed by atoms with Gasteiger partial charge in [-0.3, -0.25) is 39.0 Å². The zero-order chi connectivity index (χ0) is 46.9. The van der Waals surface area contributed by atoms with Gasteiger partial charge in [-0.25, -0.2) is 4.79 Å². The number of nitrogens with zero attached hydrogens (tertiary/aromatic N) is 1. The summed E-state index contributed by atoms with van der Waals surface area (Å²) < 4.78 is 43.0. The van der Waals surface area contributed by atoms with Gasteiger partial charge in [0.2, 0.25) is 35.8 Å². The fourth-order valence-electron chi connectivity index (χ4n) is 5.85. The molecule has 6 atom stereocenters. The van der Waals surface area contributed by atoms with Gasteiger partial charge < -0.3 is 74.3 Å². The van der Waals surface area contributed by atoms with E-state index < -0.39 is 49.3 Å². The number of nitrogens with one attached hydrogen (secondary N) is 4. The van der Waals surface area contributed by atoms with E-state index in [-0.39, 0.29) is 138 Å². The Kier molecular flexibility index (Phi) is 24.7. The Morgan fingerprint density at radius 1 is 0.766 bits per heavy atom. The summed E-state index contributed by atoms with van der Waals surface area (Å²) in [6.45, 7) is 3.98. The number of carbonyl (C=O) groups excluding carboxylic acids is 7. The molecule has 0 radical (unpaired) electrons. The topological polar surface area (TPSA) is 326 Å². The number of hydrogen-bond acceptors (Lipinski definition) is 19. The number of amides is 6. The Morgan fingerprint density at radius 2 is 1.41 bits per heavy atom. The summed E-state index contributed by atoms with van der Waals surface area (Å²) >= 11 is 0. The lowest BCUT2D eigenvalue weighted by Crippen LogP contribution is -2.60. The zero-order valence-corrected chi connectivity index (χ0v) is 36.0. The second-order valence-corrected chi connectivity index (χ2v) is 14.5. The summed E-state index contributed by atoms with van der Waals surface area (Å²) in [6, 6.07) is 4.25. The second kappa shape index (κ2) is 29.5. The molecule has 24 heteroatoms. The molecule has 360 valence electrons. The van der Waals surface area contributed by atoms with Crippen LogP contribution in [0.25, 0.3) is 0 Å². The maximum Gasteiger partial charge on any atom is 0.409 e. The quantitative estimate of drug-likeness (QED) is 0.0216. The number of carbonyl (C=O) groups is 7. The molecule has 0 saturated carbocycles. The highest BCUT2D eigenvalue weighted by atomic mass is 16.7. The number of likely N-dealkylation sites (tertiary alicyclic amines) is 1. The average Bonchev–Trinajstić information content (AvgIpc) is 3.51. The molecule has 1 aromatic rings. The first-order valence-corrected chi connectivity index (χ1v) is 20.8. The molecule has 6 amide bonds. The number of imide groups is 1. The first-order chi connectivity index (χ1) is 30.7. The van der Waals surface area contributed by atoms with Gasteiger partial charge in [-0.05, 0) is 24.6 Å². The number of anilines is 1. The van der Waals surface area contributed by atoms with Crippen molar-refractivity contribution in [3.63, 3.8) is 0 Å². The highest BCUT2D eigenvalue weighted by molar-refractivity contribution is 6.03. The molecule has 1 unspecified atom stereocenters. The number of alkyl carbamates (subject to hydrolysis) is 1. The van der Waals surface area contributed by atoms with Crippen molar-refractivity contribution in [3.8, 4) is 5.75 Å². The average molecular weight is 916 g/mol. The zero-order valence-electron chi connectivity index (χ0n) is 36.0. The van der Waals surface area contributed by atoms with Crippen LogP contribution in [0.1, 0.15) is 45.1 Å². The van der Waals surface area contributed by atoms with Gasteiger partial charge in [0.05, 0.1) is 65.1 Å². The Balaban J connectivity index is 1.26. The first kappa shape index (κ1) is 53.4. The molecule has 2 saturated heterocycles. The SMILES string of the molecule is CC(=O)COCNC(=O)OCc1ccc(O[C@@H]2O[C@H](CO)[C@@H](O)[C@H](O)[C@H]2O)c(NC(=O)CCNC(=O)CCOCCOCCOCCOCCNC(=O)CCN2C(=O)CC(C)C2=O)c1. The molecule has 24 nitrogen and oxygen atoms in total. The maximum atomic E-state index is 12.9. The number of ketones is 1. The predicted octanol–water partition coefficient (Wildman–Crippen LogP) is -2.54. The maximum absolute atomic E-state index is 12.9. The normalized spacial score (nSPS) is 20.8. The monoisotopic (exact) mass is 915 g/mol. The lowest BCUT2D eigenvalue weighted by Gasteiger charge is -2.39. The van der Waals surface area contributed by atoms with Gasteiger partial charge >= 0.3 is 6.09 Å². The van der Waals surface area contributed by atoms with E-state index in [1.54, 1.807) is 6.92 Å². The van der Waals surface area contributed by atoms with Crippen LogP contribution in [0.3, 0.4) is 0 Å². The van der Waals surface area contributed by atoms with Gasteiger partial charge in [-0.2, -0.15) is 0 Å². The van der Waals surface area contributed by atoms with Crippen LogP contribution < -0.4 is 26.0 Å². The molecule has 3 rings (SSSR count). The molecule has 2 heterocycles. The van der Waals surface area contributed by atoms with Crippen molar-refractivity contribution in [2.24, 2.45) is 5.92 Å². The Morgan fingerprint density at radius 3 is 2.05 bits per heavy atom. The van der Waals surface area contributed by atoms with E-state index in [0.717, 1.165) is 4.90 Å². The van der Waals surface area contributed by atoms with Crippen molar-refractivity contribution in [2.75, 3.05) is 97.8 Å². The third kappa shape index (κ3) is 19.9. The van der Waals surface area contributed by atoms with Crippen LogP contribution in [0.5, 0.6) is 5.75 Å². The molecule has 2 aliphatic heterocycles. The summed E-state index contributed by atoms with van der Waals surface area (Å²) in [6.07, 6.45) is -8.71. The first-order valence-electron chi connectivity index (χ1n) is 20.8. The van der Waals surface area contributed by atoms with E-state index in [9.17, 15) is 54.0 Å². The van der Waals surface area contributed by atoms with Crippen molar-refractivity contribution >= 4 is 47.1 Å². The van der Waals surface area contributed by atoms with Gasteiger partial charge in [-0.1, -0.05) is 13.0 Å². The molecular weight excluding hydrogens is 854 g/mol. The lowest BCUT2D eigenvalue weighted by atomic mass is 9.99. The largest absolute Gasteiger partial charge is 0.460 e. The van der Waals surface area contributed by atoms with Gasteiger partial charge in [0.25, 0.3) is 0 Å². The van der Waals surface area contributed by atoms with E-state index in [0.29, 0.717) is 32.0 Å². The molecule has 0 spiro atoms. The lowest BCUT2D eigenvalue weighted by molar-refractivity contribution is -0.277. The summed E-state index contributed by atoms with van der Waals surface area (Å²) in [4.78, 5) is 85.1. The van der Waals surface area contributed by atoms with Gasteiger partial charge in [-0.15, -0.1) is 0 Å². The summed E-state index contributed by atoms with van der Waals surface area (Å²) in [7, 11) is 0. The van der Waals surface area contributed by atoms with E-state index in [1.165, 1.54) is 25.1 Å². The van der Waals surface area contributed by atoms with Crippen molar-refractivity contribution < 1.29 is 91.9 Å². The van der Waals surface area contributed by atoms with Crippen molar-refractivity contribution in [1.29, 1.82) is 0 Å². The van der Waals surface area contributed by atoms with Crippen LogP contribution in [-0.2, 0) is 68.5 Å². The van der Waals surface area contributed by atoms with Crippen LogP contribution in [0.2, 0.25) is 0 Å². The highest BCUT2D eigenvalue weighted by Crippen LogP contribution is 2.31. The summed E-state index contributed by atoms with van der Waals surface area (Å²) in [5.74, 6) is -2.35. The minimum absolute atomic E-state index is 0.0178. The number of aliphatic hydroxyl groups excluding tert-OH is 4. The van der Waals surface area contributed by atoms with Gasteiger partial charge in [0, 0.05) is 51.2 Å². The third-order valence-electron chi connectivity index (χ3n) is 9.27. The van der Waals surface area contributed by atoms with E-state index in [1.807, 2.05) is 0 Å². The minimum atomic E-state index is -1.74. The van der Waals surface area contributed by atoms with Crippen LogP contribution in [0.15, 0.2) is 18.2 Å². The fourth-order valence-corrected chi connectivity index (χ4v) is 5.85. The molecule has 0 aliphatic carbocycles. The Labute approximate surface area is 369 Å². The van der Waals surface area contributed by atoms with Crippen LogP contribution in [-0.4, -0.2) is 190 Å². The smallest absolute Gasteiger partial charge is 0.409 e. The van der Waals surface area contributed by atoms with E-state index >= 15 is 0 Å². The standard InChI is InChI=1S/C40H61N5O19/c1-25-19-34(51)45(38(25)55)10-6-31(48)42-9-12-58-14-16-60-18-17-59-15-13-57-11-7-32(49)41-8-5-33(50)44-28-20-27(23-62-40(56)43-24-61-22-26(2)47)3-4-29(28)63-39-37(54)36(53)35(52)30(21-46)64-39/h3-4,20,25,30,35-37,39,46,52-54H,5-19,21-24H2,1-2H3,(H,41,49)(H,42,48)(H,43,56)(H,44,50)/t25?,30-,35-,36+,37-,39-/m1/s1. The molecule has 0 bridgehead atoms. The predicted molar refractivity (Wildman–Crippen MR) is 218 cm³/mol. The Bertz CT molecular complexity index is 1670. The minimum Gasteiger partial charge on any atom is -0.460 e. The van der Waals surface area contributed by atoms with Crippen LogP contribution in [0.4, 0.5) is 10.5 Å². The number of ether oxygens (including phenoxy) is 8. The molecule has 8 N–H and O–H groups in total. The van der Waals surface area contributed by atoms with Crippen molar-refractivity contribution in [3.05, 3.63) is 23.8 Å². The van der Waals surface area contributed by atoms with Crippen molar-refractivity contribution in [1.82, 2.24) is 20.9 Å². The molecular formula is C40H61N5O19. The molecule has 2 aliphatic rings. The molecule has 0 aromatic heterocycles. The molecule has 64 heavy (non-hydrogen) atoms. The fraction of sp³-hybridized carbons (Fsp3) is 0.675. The Hall–Kier alpha value is -4.89. The number of Topliss-reactive ketones (excluding diaryl/α,β-unsaturated/α-hetero) is 1. The highest BCUT2D eigenvalue weighted by Gasteiger charge is 2.45.